The molecule has 0 amide bonds. The first-order valence-corrected chi connectivity index (χ1v) is 10.0. The number of rotatable bonds is 1. The first kappa shape index (κ1) is 17.8. The van der Waals surface area contributed by atoms with E-state index in [9.17, 15) is 25.2 Å². The number of cyclic esters (lactones) is 1. The van der Waals surface area contributed by atoms with Gasteiger partial charge in [-0.25, -0.2) is 4.79 Å². The van der Waals surface area contributed by atoms with Crippen LogP contribution in [0.25, 0.3) is 0 Å². The number of carbonyl (C=O) groups is 1. The van der Waals surface area contributed by atoms with Crippen molar-refractivity contribution in [3.63, 3.8) is 0 Å². The third kappa shape index (κ3) is 1.46. The van der Waals surface area contributed by atoms with Crippen LogP contribution in [0.2, 0.25) is 0 Å². The van der Waals surface area contributed by atoms with E-state index in [4.69, 9.17) is 14.2 Å². The molecule has 3 heterocycles. The van der Waals surface area contributed by atoms with Gasteiger partial charge in [-0.15, -0.1) is 0 Å². The smallest absolute Gasteiger partial charge is 0.334 e. The summed E-state index contributed by atoms with van der Waals surface area (Å²) in [6, 6.07) is 0. The molecule has 28 heavy (non-hydrogen) atoms. The monoisotopic (exact) mass is 394 g/mol. The van der Waals surface area contributed by atoms with Crippen LogP contribution in [0.1, 0.15) is 40.0 Å². The van der Waals surface area contributed by atoms with Crippen molar-refractivity contribution < 1.29 is 39.4 Å². The number of hydrogen-bond donors (Lipinski definition) is 4. The normalized spacial score (nSPS) is 58.8. The van der Waals surface area contributed by atoms with Gasteiger partial charge in [0, 0.05) is 11.0 Å². The van der Waals surface area contributed by atoms with Crippen LogP contribution in [0.5, 0.6) is 0 Å². The SMILES string of the molecule is CC(C)(O)[C@]1(O)[C@H](O)[C@@H]2O[C@]23[C@]2(O[C@H]2C[C@H]2C4=C(CC[C@@]23C)C(=O)OC4)[C@H]1O. The summed E-state index contributed by atoms with van der Waals surface area (Å²) >= 11 is 0. The van der Waals surface area contributed by atoms with Crippen LogP contribution in [-0.2, 0) is 19.0 Å². The Morgan fingerprint density at radius 3 is 2.61 bits per heavy atom. The molecule has 0 radical (unpaired) electrons. The molecule has 8 nitrogen and oxygen atoms in total. The zero-order chi connectivity index (χ0) is 20.1. The second kappa shape index (κ2) is 4.50. The molecule has 6 aliphatic rings. The average Bonchev–Trinajstić information content (AvgIpc) is 3.50. The summed E-state index contributed by atoms with van der Waals surface area (Å²) in [5.74, 6) is -0.266. The van der Waals surface area contributed by atoms with E-state index >= 15 is 0 Å². The Labute approximate surface area is 162 Å². The van der Waals surface area contributed by atoms with E-state index in [0.29, 0.717) is 19.3 Å². The average molecular weight is 394 g/mol. The van der Waals surface area contributed by atoms with Gasteiger partial charge in [0.25, 0.3) is 0 Å². The van der Waals surface area contributed by atoms with Gasteiger partial charge in [0.1, 0.15) is 36.1 Å². The standard InChI is InChI=1S/C20H26O8/c1-16(2,24)18(25)12(21)13-20(28-13)17(3)5-4-8-9(7-26-14(8)22)10(17)6-11-19(20,27-11)15(18)23/h10-13,15,21,23-25H,4-7H2,1-3H3/t10-,11-,12+,13-,15-,17-,18-,19+,20+/m0/s1. The van der Waals surface area contributed by atoms with E-state index in [1.165, 1.54) is 13.8 Å². The Hall–Kier alpha value is -1.03. The Morgan fingerprint density at radius 2 is 1.93 bits per heavy atom. The van der Waals surface area contributed by atoms with Gasteiger partial charge in [0.05, 0.1) is 11.7 Å². The van der Waals surface area contributed by atoms with Gasteiger partial charge in [-0.2, -0.15) is 0 Å². The van der Waals surface area contributed by atoms with Crippen LogP contribution in [0, 0.1) is 11.3 Å². The molecule has 3 aliphatic heterocycles. The number of fused-ring (bicyclic) bond motifs is 2. The number of aliphatic hydroxyl groups excluding tert-OH is 2. The predicted molar refractivity (Wildman–Crippen MR) is 91.9 cm³/mol. The van der Waals surface area contributed by atoms with E-state index in [2.05, 4.69) is 6.92 Å². The Balaban J connectivity index is 1.50. The van der Waals surface area contributed by atoms with Gasteiger partial charge in [-0.3, -0.25) is 0 Å². The van der Waals surface area contributed by atoms with Crippen LogP contribution in [-0.4, -0.2) is 79.8 Å². The minimum Gasteiger partial charge on any atom is -0.458 e. The number of esters is 1. The molecule has 0 unspecified atom stereocenters. The Kier molecular flexibility index (Phi) is 2.86. The summed E-state index contributed by atoms with van der Waals surface area (Å²) in [6.45, 7) is 5.08. The molecule has 3 aliphatic carbocycles. The number of epoxide rings is 2. The zero-order valence-electron chi connectivity index (χ0n) is 16.1. The van der Waals surface area contributed by atoms with E-state index < -0.39 is 46.1 Å². The highest BCUT2D eigenvalue weighted by Gasteiger charge is 2.97. The third-order valence-corrected chi connectivity index (χ3v) is 8.91. The van der Waals surface area contributed by atoms with Gasteiger partial charge in [-0.05, 0) is 44.6 Å². The zero-order valence-corrected chi connectivity index (χ0v) is 16.1. The second-order valence-electron chi connectivity index (χ2n) is 10.2. The lowest BCUT2D eigenvalue weighted by Crippen LogP contribution is -2.79. The van der Waals surface area contributed by atoms with Crippen molar-refractivity contribution in [1.82, 2.24) is 0 Å². The maximum absolute atomic E-state index is 12.1. The van der Waals surface area contributed by atoms with Gasteiger partial charge in [0.15, 0.2) is 5.60 Å². The summed E-state index contributed by atoms with van der Waals surface area (Å²) in [6.07, 6.45) is -2.33. The molecule has 0 aromatic rings. The van der Waals surface area contributed by atoms with Gasteiger partial charge < -0.3 is 34.6 Å². The topological polar surface area (TPSA) is 132 Å². The highest BCUT2D eigenvalue weighted by molar-refractivity contribution is 5.92. The maximum atomic E-state index is 12.1. The molecule has 9 atom stereocenters. The maximum Gasteiger partial charge on any atom is 0.334 e. The van der Waals surface area contributed by atoms with Crippen molar-refractivity contribution in [2.45, 2.75) is 86.9 Å². The fourth-order valence-corrected chi connectivity index (χ4v) is 7.31. The minimum atomic E-state index is -2.18. The molecule has 2 saturated carbocycles. The number of carbonyl (C=O) groups excluding carboxylic acids is 1. The van der Waals surface area contributed by atoms with Crippen molar-refractivity contribution in [3.8, 4) is 0 Å². The molecular weight excluding hydrogens is 368 g/mol. The summed E-state index contributed by atoms with van der Waals surface area (Å²) < 4.78 is 17.6. The van der Waals surface area contributed by atoms with E-state index in [-0.39, 0.29) is 24.6 Å². The molecule has 0 aromatic heterocycles. The van der Waals surface area contributed by atoms with Crippen LogP contribution < -0.4 is 0 Å². The van der Waals surface area contributed by atoms with Crippen LogP contribution in [0.3, 0.4) is 0 Å². The van der Waals surface area contributed by atoms with Gasteiger partial charge in [0.2, 0.25) is 0 Å². The van der Waals surface area contributed by atoms with Crippen molar-refractivity contribution in [2.75, 3.05) is 6.61 Å². The molecule has 8 heteroatoms. The fourth-order valence-electron chi connectivity index (χ4n) is 7.31. The summed E-state index contributed by atoms with van der Waals surface area (Å²) in [7, 11) is 0. The molecular formula is C20H26O8. The first-order valence-electron chi connectivity index (χ1n) is 10.0. The van der Waals surface area contributed by atoms with Gasteiger partial charge >= 0.3 is 5.97 Å². The van der Waals surface area contributed by atoms with Crippen LogP contribution in [0.4, 0.5) is 0 Å². The third-order valence-electron chi connectivity index (χ3n) is 8.91. The van der Waals surface area contributed by atoms with E-state index in [0.717, 1.165) is 11.1 Å². The summed E-state index contributed by atoms with van der Waals surface area (Å²) in [4.78, 5) is 12.1. The summed E-state index contributed by atoms with van der Waals surface area (Å²) in [5.41, 5.74) is -4.83. The molecule has 154 valence electrons. The van der Waals surface area contributed by atoms with Crippen molar-refractivity contribution in [1.29, 1.82) is 0 Å². The van der Waals surface area contributed by atoms with Crippen molar-refractivity contribution in [3.05, 3.63) is 11.1 Å². The predicted octanol–water partition coefficient (Wildman–Crippen LogP) is -0.828. The molecule has 0 bridgehead atoms. The molecule has 4 N–H and O–H groups in total. The second-order valence-corrected chi connectivity index (χ2v) is 10.2. The fraction of sp³-hybridized carbons (Fsp3) is 0.850. The Bertz CT molecular complexity index is 846. The molecule has 6 rings (SSSR count). The van der Waals surface area contributed by atoms with Crippen LogP contribution in [0.15, 0.2) is 11.1 Å². The number of hydrogen-bond acceptors (Lipinski definition) is 8. The lowest BCUT2D eigenvalue weighted by atomic mass is 9.45. The van der Waals surface area contributed by atoms with E-state index in [1.54, 1.807) is 0 Å². The number of ether oxygens (including phenoxy) is 3. The molecule has 2 spiro atoms. The highest BCUT2D eigenvalue weighted by Crippen LogP contribution is 2.79. The number of aliphatic hydroxyl groups is 4. The van der Waals surface area contributed by atoms with E-state index in [1.807, 2.05) is 0 Å². The minimum absolute atomic E-state index is 0.0129. The van der Waals surface area contributed by atoms with Gasteiger partial charge in [-0.1, -0.05) is 6.92 Å². The summed E-state index contributed by atoms with van der Waals surface area (Å²) in [5, 5.41) is 44.2. The lowest BCUT2D eigenvalue weighted by Gasteiger charge is -2.57. The molecule has 2 saturated heterocycles. The quantitative estimate of drug-likeness (QED) is 0.335. The van der Waals surface area contributed by atoms with Crippen molar-refractivity contribution in [2.24, 2.45) is 11.3 Å². The molecule has 4 fully saturated rings. The van der Waals surface area contributed by atoms with Crippen LogP contribution >= 0.6 is 0 Å². The Morgan fingerprint density at radius 1 is 1.21 bits per heavy atom. The first-order chi connectivity index (χ1) is 13.0. The largest absolute Gasteiger partial charge is 0.458 e. The highest BCUT2D eigenvalue weighted by atomic mass is 16.7. The van der Waals surface area contributed by atoms with Crippen molar-refractivity contribution >= 4 is 5.97 Å². The lowest BCUT2D eigenvalue weighted by molar-refractivity contribution is -0.268. The molecule has 0 aromatic carbocycles.